The number of fused-ring (bicyclic) bond motifs is 1. The summed E-state index contributed by atoms with van der Waals surface area (Å²) in [5.41, 5.74) is 3.85. The Labute approximate surface area is 117 Å². The van der Waals surface area contributed by atoms with Gasteiger partial charge >= 0.3 is 0 Å². The molecule has 1 N–H and O–H groups in total. The lowest BCUT2D eigenvalue weighted by molar-refractivity contribution is 0.283. The minimum Gasteiger partial charge on any atom is -0.392 e. The molecule has 3 heteroatoms. The molecule has 98 valence electrons. The monoisotopic (exact) mass is 262 g/mol. The summed E-state index contributed by atoms with van der Waals surface area (Å²) in [7, 11) is 0. The summed E-state index contributed by atoms with van der Waals surface area (Å²) >= 11 is 0. The van der Waals surface area contributed by atoms with Gasteiger partial charge in [0, 0.05) is 29.2 Å². The van der Waals surface area contributed by atoms with Crippen molar-refractivity contribution in [1.82, 2.24) is 4.57 Å². The number of rotatable bonds is 3. The van der Waals surface area contributed by atoms with Crippen LogP contribution in [0.25, 0.3) is 10.9 Å². The van der Waals surface area contributed by atoms with Crippen molar-refractivity contribution in [1.29, 1.82) is 5.26 Å². The smallest absolute Gasteiger partial charge is 0.0991 e. The molecule has 0 saturated carbocycles. The van der Waals surface area contributed by atoms with E-state index >= 15 is 0 Å². The molecule has 0 radical (unpaired) electrons. The first-order valence-corrected chi connectivity index (χ1v) is 6.48. The van der Waals surface area contributed by atoms with Crippen LogP contribution in [0.1, 0.15) is 16.7 Å². The van der Waals surface area contributed by atoms with Gasteiger partial charge in [-0.15, -0.1) is 0 Å². The van der Waals surface area contributed by atoms with E-state index in [9.17, 15) is 5.11 Å². The van der Waals surface area contributed by atoms with Crippen molar-refractivity contribution in [3.8, 4) is 6.07 Å². The van der Waals surface area contributed by atoms with E-state index in [2.05, 4.69) is 16.7 Å². The number of nitriles is 1. The predicted molar refractivity (Wildman–Crippen MR) is 78.1 cm³/mol. The van der Waals surface area contributed by atoms with Gasteiger partial charge in [-0.25, -0.2) is 0 Å². The molecule has 0 unspecified atom stereocenters. The zero-order valence-corrected chi connectivity index (χ0v) is 11.0. The summed E-state index contributed by atoms with van der Waals surface area (Å²) in [5.74, 6) is 0. The summed E-state index contributed by atoms with van der Waals surface area (Å²) in [6.07, 6.45) is 1.99. The summed E-state index contributed by atoms with van der Waals surface area (Å²) in [5, 5.41) is 19.3. The van der Waals surface area contributed by atoms with Crippen LogP contribution in [0.4, 0.5) is 0 Å². The first kappa shape index (κ1) is 12.5. The van der Waals surface area contributed by atoms with Crippen LogP contribution in [0.3, 0.4) is 0 Å². The second-order valence-electron chi connectivity index (χ2n) is 4.77. The maximum absolute atomic E-state index is 9.43. The van der Waals surface area contributed by atoms with Crippen LogP contribution in [-0.4, -0.2) is 9.67 Å². The number of aromatic nitrogens is 1. The minimum atomic E-state index is 0.0425. The molecule has 0 aliphatic carbocycles. The van der Waals surface area contributed by atoms with Gasteiger partial charge in [0.25, 0.3) is 0 Å². The SMILES string of the molecule is N#Cc1ccc(Cn2cc(CO)c3ccccc32)cc1. The van der Waals surface area contributed by atoms with Crippen molar-refractivity contribution >= 4 is 10.9 Å². The van der Waals surface area contributed by atoms with Gasteiger partial charge in [0.1, 0.15) is 0 Å². The van der Waals surface area contributed by atoms with Gasteiger partial charge in [-0.3, -0.25) is 0 Å². The van der Waals surface area contributed by atoms with Crippen LogP contribution in [0.5, 0.6) is 0 Å². The average molecular weight is 262 g/mol. The zero-order valence-electron chi connectivity index (χ0n) is 11.0. The standard InChI is InChI=1S/C17H14N2O/c18-9-13-5-7-14(8-6-13)10-19-11-15(12-20)16-3-1-2-4-17(16)19/h1-8,11,20H,10,12H2. The van der Waals surface area contributed by atoms with Crippen LogP contribution in [0.2, 0.25) is 0 Å². The summed E-state index contributed by atoms with van der Waals surface area (Å²) in [6.45, 7) is 0.771. The van der Waals surface area contributed by atoms with Crippen molar-refractivity contribution in [2.45, 2.75) is 13.2 Å². The first-order chi connectivity index (χ1) is 9.81. The van der Waals surface area contributed by atoms with Gasteiger partial charge in [0.05, 0.1) is 18.2 Å². The highest BCUT2D eigenvalue weighted by atomic mass is 16.3. The molecule has 0 saturated heterocycles. The number of aliphatic hydroxyl groups excluding tert-OH is 1. The van der Waals surface area contributed by atoms with E-state index in [1.165, 1.54) is 0 Å². The fraction of sp³-hybridized carbons (Fsp3) is 0.118. The van der Waals surface area contributed by atoms with Crippen LogP contribution in [-0.2, 0) is 13.2 Å². The van der Waals surface area contributed by atoms with Crippen LogP contribution in [0, 0.1) is 11.3 Å². The molecular formula is C17H14N2O. The van der Waals surface area contributed by atoms with Gasteiger partial charge in [0.15, 0.2) is 0 Å². The summed E-state index contributed by atoms with van der Waals surface area (Å²) in [4.78, 5) is 0. The highest BCUT2D eigenvalue weighted by molar-refractivity contribution is 5.83. The number of para-hydroxylation sites is 1. The van der Waals surface area contributed by atoms with Gasteiger partial charge in [-0.2, -0.15) is 5.26 Å². The molecule has 0 fully saturated rings. The third-order valence-corrected chi connectivity index (χ3v) is 3.48. The lowest BCUT2D eigenvalue weighted by atomic mass is 10.1. The molecule has 2 aromatic carbocycles. The fourth-order valence-corrected chi connectivity index (χ4v) is 2.46. The third kappa shape index (κ3) is 2.18. The Bertz CT molecular complexity index is 779. The maximum atomic E-state index is 9.43. The molecule has 20 heavy (non-hydrogen) atoms. The lowest BCUT2D eigenvalue weighted by Crippen LogP contribution is -1.97. The molecule has 3 aromatic rings. The molecule has 0 aliphatic rings. The topological polar surface area (TPSA) is 49.0 Å². The van der Waals surface area contributed by atoms with E-state index in [-0.39, 0.29) is 6.61 Å². The van der Waals surface area contributed by atoms with E-state index in [0.29, 0.717) is 5.56 Å². The van der Waals surface area contributed by atoms with Crippen molar-refractivity contribution in [3.63, 3.8) is 0 Å². The van der Waals surface area contributed by atoms with Crippen molar-refractivity contribution < 1.29 is 5.11 Å². The van der Waals surface area contributed by atoms with E-state index in [1.54, 1.807) is 0 Å². The second-order valence-corrected chi connectivity index (χ2v) is 4.77. The average Bonchev–Trinajstić information content (AvgIpc) is 2.86. The molecule has 3 rings (SSSR count). The van der Waals surface area contributed by atoms with Crippen LogP contribution in [0.15, 0.2) is 54.7 Å². The van der Waals surface area contributed by atoms with E-state index < -0.39 is 0 Å². The molecule has 1 heterocycles. The van der Waals surface area contributed by atoms with Crippen molar-refractivity contribution in [2.75, 3.05) is 0 Å². The highest BCUT2D eigenvalue weighted by Gasteiger charge is 2.07. The number of aliphatic hydroxyl groups is 1. The normalized spacial score (nSPS) is 10.6. The Morgan fingerprint density at radius 1 is 1.05 bits per heavy atom. The number of nitrogens with zero attached hydrogens (tertiary/aromatic N) is 2. The second kappa shape index (κ2) is 5.20. The number of hydrogen-bond donors (Lipinski definition) is 1. The Morgan fingerprint density at radius 3 is 2.50 bits per heavy atom. The minimum absolute atomic E-state index is 0.0425. The summed E-state index contributed by atoms with van der Waals surface area (Å²) < 4.78 is 2.13. The van der Waals surface area contributed by atoms with E-state index in [4.69, 9.17) is 5.26 Å². The third-order valence-electron chi connectivity index (χ3n) is 3.48. The molecular weight excluding hydrogens is 248 g/mol. The Morgan fingerprint density at radius 2 is 1.80 bits per heavy atom. The molecule has 1 aromatic heterocycles. The molecule has 0 spiro atoms. The van der Waals surface area contributed by atoms with Crippen LogP contribution >= 0.6 is 0 Å². The number of hydrogen-bond acceptors (Lipinski definition) is 2. The largest absolute Gasteiger partial charge is 0.392 e. The molecule has 0 atom stereocenters. The lowest BCUT2D eigenvalue weighted by Gasteiger charge is -2.05. The van der Waals surface area contributed by atoms with E-state index in [1.807, 2.05) is 48.7 Å². The van der Waals surface area contributed by atoms with Crippen molar-refractivity contribution in [3.05, 3.63) is 71.4 Å². The Hall–Kier alpha value is -2.57. The van der Waals surface area contributed by atoms with Gasteiger partial charge in [-0.05, 0) is 23.8 Å². The molecule has 3 nitrogen and oxygen atoms in total. The van der Waals surface area contributed by atoms with Crippen LogP contribution < -0.4 is 0 Å². The summed E-state index contributed by atoms with van der Waals surface area (Å²) in [6, 6.07) is 17.8. The molecule has 0 bridgehead atoms. The Kier molecular flexibility index (Phi) is 3.24. The fourth-order valence-electron chi connectivity index (χ4n) is 2.46. The highest BCUT2D eigenvalue weighted by Crippen LogP contribution is 2.22. The first-order valence-electron chi connectivity index (χ1n) is 6.48. The number of benzene rings is 2. The maximum Gasteiger partial charge on any atom is 0.0991 e. The van der Waals surface area contributed by atoms with Gasteiger partial charge in [-0.1, -0.05) is 30.3 Å². The Balaban J connectivity index is 2.00. The van der Waals surface area contributed by atoms with E-state index in [0.717, 1.165) is 28.6 Å². The van der Waals surface area contributed by atoms with Gasteiger partial charge in [0.2, 0.25) is 0 Å². The quantitative estimate of drug-likeness (QED) is 0.788. The zero-order chi connectivity index (χ0) is 13.9. The molecule has 0 aliphatic heterocycles. The van der Waals surface area contributed by atoms with Crippen molar-refractivity contribution in [2.24, 2.45) is 0 Å². The predicted octanol–water partition coefficient (Wildman–Crippen LogP) is 3.05. The molecule has 0 amide bonds. The van der Waals surface area contributed by atoms with Gasteiger partial charge < -0.3 is 9.67 Å².